The number of nitrogens with one attached hydrogen (secondary N) is 1. The standard InChI is InChI=1S/C14H24N2O3S/c1-11(2)19-13-7-4-6-12(10-13)14(16-15)8-5-9-20(3,17)18/h4,6-7,10-11,14,16H,5,8-9,15H2,1-3H3. The van der Waals surface area contributed by atoms with Crippen LogP contribution in [0.4, 0.5) is 0 Å². The van der Waals surface area contributed by atoms with Gasteiger partial charge in [-0.15, -0.1) is 0 Å². The summed E-state index contributed by atoms with van der Waals surface area (Å²) >= 11 is 0. The molecule has 1 aromatic carbocycles. The number of nitrogens with two attached hydrogens (primary N) is 1. The molecule has 0 aliphatic carbocycles. The van der Waals surface area contributed by atoms with E-state index in [1.165, 1.54) is 6.26 Å². The van der Waals surface area contributed by atoms with Crippen molar-refractivity contribution in [3.8, 4) is 5.75 Å². The maximum Gasteiger partial charge on any atom is 0.147 e. The summed E-state index contributed by atoms with van der Waals surface area (Å²) in [5, 5.41) is 0. The number of sulfone groups is 1. The van der Waals surface area contributed by atoms with Gasteiger partial charge in [-0.3, -0.25) is 11.3 Å². The van der Waals surface area contributed by atoms with Gasteiger partial charge in [-0.2, -0.15) is 0 Å². The molecule has 0 heterocycles. The van der Waals surface area contributed by atoms with Gasteiger partial charge in [0, 0.05) is 18.1 Å². The lowest BCUT2D eigenvalue weighted by Gasteiger charge is -2.18. The molecule has 0 amide bonds. The van der Waals surface area contributed by atoms with Gasteiger partial charge in [0.2, 0.25) is 0 Å². The zero-order chi connectivity index (χ0) is 15.2. The van der Waals surface area contributed by atoms with Crippen molar-refractivity contribution in [3.63, 3.8) is 0 Å². The van der Waals surface area contributed by atoms with E-state index < -0.39 is 9.84 Å². The predicted molar refractivity (Wildman–Crippen MR) is 81.2 cm³/mol. The molecule has 6 heteroatoms. The smallest absolute Gasteiger partial charge is 0.147 e. The van der Waals surface area contributed by atoms with E-state index in [2.05, 4.69) is 5.43 Å². The van der Waals surface area contributed by atoms with Crippen molar-refractivity contribution in [1.82, 2.24) is 5.43 Å². The molecule has 5 nitrogen and oxygen atoms in total. The van der Waals surface area contributed by atoms with Crippen molar-refractivity contribution in [2.24, 2.45) is 5.84 Å². The molecule has 1 rings (SSSR count). The third kappa shape index (κ3) is 6.36. The Morgan fingerprint density at radius 3 is 2.60 bits per heavy atom. The summed E-state index contributed by atoms with van der Waals surface area (Å²) in [4.78, 5) is 0. The first kappa shape index (κ1) is 16.9. The van der Waals surface area contributed by atoms with Gasteiger partial charge in [-0.25, -0.2) is 8.42 Å². The van der Waals surface area contributed by atoms with Crippen LogP contribution < -0.4 is 16.0 Å². The Labute approximate surface area is 121 Å². The van der Waals surface area contributed by atoms with Crippen LogP contribution in [-0.4, -0.2) is 26.5 Å². The average molecular weight is 300 g/mol. The van der Waals surface area contributed by atoms with E-state index in [-0.39, 0.29) is 17.9 Å². The Balaban J connectivity index is 2.69. The first-order chi connectivity index (χ1) is 9.31. The van der Waals surface area contributed by atoms with Crippen LogP contribution in [0.2, 0.25) is 0 Å². The number of hydrogen-bond acceptors (Lipinski definition) is 5. The van der Waals surface area contributed by atoms with Gasteiger partial charge in [0.05, 0.1) is 6.10 Å². The van der Waals surface area contributed by atoms with E-state index in [1.807, 2.05) is 38.1 Å². The SMILES string of the molecule is CC(C)Oc1cccc(C(CCCS(C)(=O)=O)NN)c1. The Morgan fingerprint density at radius 1 is 1.35 bits per heavy atom. The molecule has 0 radical (unpaired) electrons. The monoisotopic (exact) mass is 300 g/mol. The normalized spacial score (nSPS) is 13.4. The summed E-state index contributed by atoms with van der Waals surface area (Å²) in [6.45, 7) is 3.94. The molecule has 1 aromatic rings. The molecular weight excluding hydrogens is 276 g/mol. The van der Waals surface area contributed by atoms with Crippen LogP contribution in [0, 0.1) is 0 Å². The second-order valence-corrected chi connectivity index (χ2v) is 7.49. The molecule has 114 valence electrons. The van der Waals surface area contributed by atoms with Crippen LogP contribution in [0.5, 0.6) is 5.75 Å². The molecule has 0 aliphatic rings. The van der Waals surface area contributed by atoms with Gasteiger partial charge in [-0.1, -0.05) is 12.1 Å². The molecule has 0 aromatic heterocycles. The molecular formula is C14H24N2O3S. The van der Waals surface area contributed by atoms with E-state index in [9.17, 15) is 8.42 Å². The molecule has 0 bridgehead atoms. The van der Waals surface area contributed by atoms with Gasteiger partial charge in [0.15, 0.2) is 0 Å². The zero-order valence-corrected chi connectivity index (χ0v) is 13.1. The average Bonchev–Trinajstić information content (AvgIpc) is 2.33. The van der Waals surface area contributed by atoms with E-state index in [4.69, 9.17) is 10.6 Å². The lowest BCUT2D eigenvalue weighted by molar-refractivity contribution is 0.242. The highest BCUT2D eigenvalue weighted by atomic mass is 32.2. The fourth-order valence-electron chi connectivity index (χ4n) is 1.97. The number of hydrazine groups is 1. The van der Waals surface area contributed by atoms with Crippen LogP contribution >= 0.6 is 0 Å². The minimum atomic E-state index is -2.93. The van der Waals surface area contributed by atoms with Gasteiger partial charge in [0.1, 0.15) is 15.6 Å². The summed E-state index contributed by atoms with van der Waals surface area (Å²) in [7, 11) is -2.93. The highest BCUT2D eigenvalue weighted by Crippen LogP contribution is 2.23. The van der Waals surface area contributed by atoms with Crippen molar-refractivity contribution in [3.05, 3.63) is 29.8 Å². The van der Waals surface area contributed by atoms with Crippen LogP contribution in [-0.2, 0) is 9.84 Å². The Bertz CT molecular complexity index is 515. The fraction of sp³-hybridized carbons (Fsp3) is 0.571. The molecule has 0 aliphatic heterocycles. The van der Waals surface area contributed by atoms with Crippen LogP contribution in [0.15, 0.2) is 24.3 Å². The first-order valence-corrected chi connectivity index (χ1v) is 8.78. The number of benzene rings is 1. The Kier molecular flexibility index (Phi) is 6.45. The lowest BCUT2D eigenvalue weighted by atomic mass is 10.0. The third-order valence-electron chi connectivity index (χ3n) is 2.84. The first-order valence-electron chi connectivity index (χ1n) is 6.72. The van der Waals surface area contributed by atoms with Crippen molar-refractivity contribution < 1.29 is 13.2 Å². The second-order valence-electron chi connectivity index (χ2n) is 5.23. The molecule has 0 fully saturated rings. The maximum absolute atomic E-state index is 11.1. The highest BCUT2D eigenvalue weighted by molar-refractivity contribution is 7.90. The molecule has 0 spiro atoms. The van der Waals surface area contributed by atoms with Gasteiger partial charge < -0.3 is 4.74 Å². The van der Waals surface area contributed by atoms with Crippen LogP contribution in [0.3, 0.4) is 0 Å². The summed E-state index contributed by atoms with van der Waals surface area (Å²) in [5.41, 5.74) is 3.73. The topological polar surface area (TPSA) is 81.4 Å². The largest absolute Gasteiger partial charge is 0.491 e. The highest BCUT2D eigenvalue weighted by Gasteiger charge is 2.12. The second kappa shape index (κ2) is 7.61. The van der Waals surface area contributed by atoms with Crippen LogP contribution in [0.1, 0.15) is 38.3 Å². The minimum Gasteiger partial charge on any atom is -0.491 e. The van der Waals surface area contributed by atoms with E-state index in [0.717, 1.165) is 11.3 Å². The Hall–Kier alpha value is -1.11. The number of ether oxygens (including phenoxy) is 1. The third-order valence-corrected chi connectivity index (χ3v) is 3.87. The summed E-state index contributed by atoms with van der Waals surface area (Å²) in [6.07, 6.45) is 2.59. The number of hydrogen-bond donors (Lipinski definition) is 2. The molecule has 1 atom stereocenters. The fourth-order valence-corrected chi connectivity index (χ4v) is 2.66. The zero-order valence-electron chi connectivity index (χ0n) is 12.3. The maximum atomic E-state index is 11.1. The molecule has 0 saturated heterocycles. The predicted octanol–water partition coefficient (Wildman–Crippen LogP) is 1.80. The summed E-state index contributed by atoms with van der Waals surface area (Å²) in [6, 6.07) is 7.62. The van der Waals surface area contributed by atoms with Gasteiger partial charge >= 0.3 is 0 Å². The van der Waals surface area contributed by atoms with Gasteiger partial charge in [-0.05, 0) is 44.4 Å². The van der Waals surface area contributed by atoms with Crippen molar-refractivity contribution in [1.29, 1.82) is 0 Å². The summed E-state index contributed by atoms with van der Waals surface area (Å²) in [5.74, 6) is 6.53. The Morgan fingerprint density at radius 2 is 2.05 bits per heavy atom. The van der Waals surface area contributed by atoms with Crippen molar-refractivity contribution in [2.45, 2.75) is 38.8 Å². The summed E-state index contributed by atoms with van der Waals surface area (Å²) < 4.78 is 27.9. The van der Waals surface area contributed by atoms with Crippen molar-refractivity contribution >= 4 is 9.84 Å². The molecule has 1 unspecified atom stereocenters. The van der Waals surface area contributed by atoms with E-state index in [0.29, 0.717) is 12.8 Å². The molecule has 20 heavy (non-hydrogen) atoms. The quantitative estimate of drug-likeness (QED) is 0.565. The van der Waals surface area contributed by atoms with Crippen molar-refractivity contribution in [2.75, 3.05) is 12.0 Å². The van der Waals surface area contributed by atoms with E-state index in [1.54, 1.807) is 0 Å². The lowest BCUT2D eigenvalue weighted by Crippen LogP contribution is -2.28. The molecule has 3 N–H and O–H groups in total. The van der Waals surface area contributed by atoms with E-state index >= 15 is 0 Å². The molecule has 0 saturated carbocycles. The van der Waals surface area contributed by atoms with Crippen LogP contribution in [0.25, 0.3) is 0 Å². The van der Waals surface area contributed by atoms with Gasteiger partial charge in [0.25, 0.3) is 0 Å². The minimum absolute atomic E-state index is 0.0764. The number of rotatable bonds is 8.